The smallest absolute Gasteiger partial charge is 0.471 e. The van der Waals surface area contributed by atoms with Crippen molar-refractivity contribution in [3.8, 4) is 11.1 Å². The predicted molar refractivity (Wildman–Crippen MR) is 183 cm³/mol. The molecule has 0 aromatic heterocycles. The van der Waals surface area contributed by atoms with Crippen LogP contribution in [0.25, 0.3) is 21.9 Å². The summed E-state index contributed by atoms with van der Waals surface area (Å²) in [5, 5.41) is 13.0. The van der Waals surface area contributed by atoms with Crippen molar-refractivity contribution in [2.24, 2.45) is 0 Å². The molecule has 0 spiro atoms. The average Bonchev–Trinajstić information content (AvgIpc) is 3.10. The Bertz CT molecular complexity index is 1790. The number of nitrogens with zero attached hydrogens (tertiary/aromatic N) is 1. The van der Waals surface area contributed by atoms with Gasteiger partial charge < -0.3 is 24.8 Å². The van der Waals surface area contributed by atoms with Gasteiger partial charge in [0.05, 0.1) is 26.4 Å². The van der Waals surface area contributed by atoms with Gasteiger partial charge in [-0.3, -0.25) is 4.79 Å². The number of carbonyl (C=O) groups is 2. The lowest BCUT2D eigenvalue weighted by atomic mass is 9.97. The van der Waals surface area contributed by atoms with Crippen molar-refractivity contribution in [3.63, 3.8) is 0 Å². The summed E-state index contributed by atoms with van der Waals surface area (Å²) in [6, 6.07) is 37.3. The van der Waals surface area contributed by atoms with Crippen LogP contribution in [-0.4, -0.2) is 55.5 Å². The van der Waals surface area contributed by atoms with E-state index in [0.29, 0.717) is 45.1 Å². The summed E-state index contributed by atoms with van der Waals surface area (Å²) in [6.07, 6.45) is -5.49. The van der Waals surface area contributed by atoms with Gasteiger partial charge in [0.25, 0.3) is 0 Å². The van der Waals surface area contributed by atoms with Gasteiger partial charge in [-0.2, -0.15) is 13.2 Å². The summed E-state index contributed by atoms with van der Waals surface area (Å²) in [6.45, 7) is 3.32. The van der Waals surface area contributed by atoms with Crippen LogP contribution in [0.3, 0.4) is 0 Å². The van der Waals surface area contributed by atoms with Crippen LogP contribution in [0.1, 0.15) is 16.7 Å². The van der Waals surface area contributed by atoms with Crippen LogP contribution in [0.4, 0.5) is 18.9 Å². The van der Waals surface area contributed by atoms with Crippen LogP contribution in [0.2, 0.25) is 0 Å². The number of hydrogen-bond acceptors (Lipinski definition) is 5. The van der Waals surface area contributed by atoms with Gasteiger partial charge in [0.15, 0.2) is 0 Å². The molecule has 0 unspecified atom stereocenters. The summed E-state index contributed by atoms with van der Waals surface area (Å²) in [7, 11) is 0. The van der Waals surface area contributed by atoms with Gasteiger partial charge in [-0.15, -0.1) is 0 Å². The number of ether oxygens (including phenoxy) is 2. The fourth-order valence-electron chi connectivity index (χ4n) is 5.51. The molecule has 0 aliphatic carbocycles. The molecule has 1 atom stereocenters. The van der Waals surface area contributed by atoms with Gasteiger partial charge in [0, 0.05) is 30.6 Å². The highest BCUT2D eigenvalue weighted by molar-refractivity contribution is 5.97. The molecule has 5 rings (SSSR count). The number of carboxylic acid groups (broad SMARTS) is 1. The number of carboxylic acids is 1. The number of benzene rings is 5. The molecule has 0 bridgehead atoms. The van der Waals surface area contributed by atoms with Crippen LogP contribution in [0.5, 0.6) is 0 Å². The summed E-state index contributed by atoms with van der Waals surface area (Å²) in [5.41, 5.74) is 5.31. The Kier molecular flexibility index (Phi) is 12.0. The fraction of sp³-hybridized carbons (Fsp3) is 0.231. The first-order valence-corrected chi connectivity index (χ1v) is 15.9. The van der Waals surface area contributed by atoms with Crippen molar-refractivity contribution in [2.75, 3.05) is 31.2 Å². The Morgan fingerprint density at radius 3 is 1.86 bits per heavy atom. The molecule has 0 saturated heterocycles. The molecule has 0 aliphatic heterocycles. The lowest BCUT2D eigenvalue weighted by Gasteiger charge is -2.26. The average molecular weight is 671 g/mol. The topological polar surface area (TPSA) is 88.1 Å². The van der Waals surface area contributed by atoms with Gasteiger partial charge in [0.2, 0.25) is 0 Å². The van der Waals surface area contributed by atoms with Crippen LogP contribution < -0.4 is 10.2 Å². The number of nitrogens with one attached hydrogen (secondary N) is 1. The van der Waals surface area contributed by atoms with Crippen molar-refractivity contribution in [1.29, 1.82) is 0 Å². The van der Waals surface area contributed by atoms with Gasteiger partial charge in [0.1, 0.15) is 6.04 Å². The van der Waals surface area contributed by atoms with E-state index in [2.05, 4.69) is 11.0 Å². The number of fused-ring (bicyclic) bond motifs is 1. The Morgan fingerprint density at radius 2 is 1.27 bits per heavy atom. The Labute approximate surface area is 282 Å². The molecule has 0 radical (unpaired) electrons. The second kappa shape index (κ2) is 16.8. The largest absolute Gasteiger partial charge is 0.480 e. The maximum atomic E-state index is 12.8. The van der Waals surface area contributed by atoms with Crippen LogP contribution in [-0.2, 0) is 38.7 Å². The molecule has 0 aliphatic rings. The molecule has 7 nitrogen and oxygen atoms in total. The van der Waals surface area contributed by atoms with Gasteiger partial charge in [-0.25, -0.2) is 4.79 Å². The zero-order valence-corrected chi connectivity index (χ0v) is 26.7. The van der Waals surface area contributed by atoms with Crippen molar-refractivity contribution in [3.05, 3.63) is 138 Å². The molecular formula is C39H37F3N2O5. The van der Waals surface area contributed by atoms with Crippen LogP contribution >= 0.6 is 0 Å². The second-order valence-electron chi connectivity index (χ2n) is 11.5. The number of hydrogen-bond donors (Lipinski definition) is 2. The summed E-state index contributed by atoms with van der Waals surface area (Å²) < 4.78 is 50.4. The minimum atomic E-state index is -5.18. The third-order valence-corrected chi connectivity index (χ3v) is 7.99. The quantitative estimate of drug-likeness (QED) is 0.106. The molecule has 5 aromatic carbocycles. The highest BCUT2D eigenvalue weighted by atomic mass is 19.4. The molecule has 0 heterocycles. The molecule has 2 N–H and O–H groups in total. The van der Waals surface area contributed by atoms with Gasteiger partial charge in [-0.05, 0) is 45.3 Å². The molecular weight excluding hydrogens is 633 g/mol. The van der Waals surface area contributed by atoms with E-state index in [1.165, 1.54) is 0 Å². The number of carbonyl (C=O) groups excluding carboxylic acids is 1. The zero-order chi connectivity index (χ0) is 34.6. The minimum absolute atomic E-state index is 0.309. The maximum absolute atomic E-state index is 12.8. The lowest BCUT2D eigenvalue weighted by molar-refractivity contribution is -0.175. The zero-order valence-electron chi connectivity index (χ0n) is 26.7. The Balaban J connectivity index is 1.32. The number of rotatable bonds is 16. The van der Waals surface area contributed by atoms with Crippen LogP contribution in [0, 0.1) is 0 Å². The monoisotopic (exact) mass is 670 g/mol. The first-order chi connectivity index (χ1) is 23.7. The van der Waals surface area contributed by atoms with Crippen molar-refractivity contribution >= 4 is 28.3 Å². The first kappa shape index (κ1) is 35.1. The molecule has 0 saturated carbocycles. The molecule has 0 fully saturated rings. The van der Waals surface area contributed by atoms with Crippen molar-refractivity contribution < 1.29 is 37.3 Å². The fourth-order valence-corrected chi connectivity index (χ4v) is 5.51. The highest BCUT2D eigenvalue weighted by Gasteiger charge is 2.40. The molecule has 49 heavy (non-hydrogen) atoms. The summed E-state index contributed by atoms with van der Waals surface area (Å²) in [5.74, 6) is -3.84. The lowest BCUT2D eigenvalue weighted by Crippen LogP contribution is -2.47. The number of anilines is 1. The first-order valence-electron chi connectivity index (χ1n) is 15.9. The van der Waals surface area contributed by atoms with E-state index >= 15 is 0 Å². The standard InChI is InChI=1S/C39H37F3N2O5/c40-39(41,42)38(47)43-35(37(45)46)24-30-13-7-14-31(23-30)32-17-18-34-33(25-32)15-8-16-36(34)44(19-21-48-26-28-9-3-1-4-10-28)20-22-49-27-29-11-5-2-6-12-29/h1-18,23,25,35H,19-22,24,26-27H2,(H,43,47)(H,45,46)/t35-/m0/s1. The maximum Gasteiger partial charge on any atom is 0.471 e. The van der Waals surface area contributed by atoms with E-state index in [4.69, 9.17) is 9.47 Å². The predicted octanol–water partition coefficient (Wildman–Crippen LogP) is 7.42. The number of aliphatic carboxylic acids is 1. The van der Waals surface area contributed by atoms with E-state index < -0.39 is 24.1 Å². The third kappa shape index (κ3) is 10.2. The molecule has 5 aromatic rings. The summed E-state index contributed by atoms with van der Waals surface area (Å²) >= 11 is 0. The van der Waals surface area contributed by atoms with E-state index in [9.17, 15) is 27.9 Å². The number of alkyl halides is 3. The molecule has 254 valence electrons. The van der Waals surface area contributed by atoms with E-state index in [-0.39, 0.29) is 6.42 Å². The number of halogens is 3. The van der Waals surface area contributed by atoms with Crippen LogP contribution in [0.15, 0.2) is 121 Å². The van der Waals surface area contributed by atoms with Gasteiger partial charge >= 0.3 is 18.1 Å². The van der Waals surface area contributed by atoms with Crippen molar-refractivity contribution in [1.82, 2.24) is 5.32 Å². The Morgan fingerprint density at radius 1 is 0.694 bits per heavy atom. The summed E-state index contributed by atoms with van der Waals surface area (Å²) in [4.78, 5) is 25.3. The van der Waals surface area contributed by atoms with E-state index in [1.54, 1.807) is 23.5 Å². The van der Waals surface area contributed by atoms with E-state index in [0.717, 1.165) is 38.7 Å². The second-order valence-corrected chi connectivity index (χ2v) is 11.5. The number of amides is 1. The SMILES string of the molecule is O=C(O)[C@H](Cc1cccc(-c2ccc3c(N(CCOCc4ccccc4)CCOCc4ccccc4)cccc3c2)c1)NC(=O)C(F)(F)F. The van der Waals surface area contributed by atoms with Gasteiger partial charge in [-0.1, -0.05) is 109 Å². The normalized spacial score (nSPS) is 12.1. The highest BCUT2D eigenvalue weighted by Crippen LogP contribution is 2.31. The van der Waals surface area contributed by atoms with Crippen molar-refractivity contribution in [2.45, 2.75) is 31.9 Å². The van der Waals surface area contributed by atoms with E-state index in [1.807, 2.05) is 97.1 Å². The molecule has 1 amide bonds. The third-order valence-electron chi connectivity index (χ3n) is 7.99. The molecule has 10 heteroatoms. The Hall–Kier alpha value is -5.19. The minimum Gasteiger partial charge on any atom is -0.480 e.